The van der Waals surface area contributed by atoms with Gasteiger partial charge in [0, 0.05) is 6.04 Å². The number of nitrogens with zero attached hydrogens (tertiary/aromatic N) is 1. The lowest BCUT2D eigenvalue weighted by molar-refractivity contribution is 0.646. The molecule has 66 valence electrons. The molecule has 0 aromatic heterocycles. The Morgan fingerprint density at radius 1 is 1.33 bits per heavy atom. The van der Waals surface area contributed by atoms with Crippen LogP contribution in [0.5, 0.6) is 0 Å². The van der Waals surface area contributed by atoms with Crippen LogP contribution >= 0.6 is 0 Å². The minimum absolute atomic E-state index is 0.493. The maximum absolute atomic E-state index is 5.71. The number of nitrogens with two attached hydrogens (primary N) is 1. The van der Waals surface area contributed by atoms with E-state index in [4.69, 9.17) is 5.73 Å². The Balaban J connectivity index is 1.77. The number of aliphatic imine (C=N–C) groups is 1. The molecule has 0 spiro atoms. The van der Waals surface area contributed by atoms with E-state index in [1.165, 1.54) is 12.8 Å². The highest BCUT2D eigenvalue weighted by molar-refractivity contribution is 5.78. The molecule has 3 nitrogen and oxygen atoms in total. The highest BCUT2D eigenvalue weighted by Gasteiger charge is 2.21. The molecule has 2 rings (SSSR count). The van der Waals surface area contributed by atoms with Gasteiger partial charge < -0.3 is 11.1 Å². The summed E-state index contributed by atoms with van der Waals surface area (Å²) in [4.78, 5) is 4.31. The van der Waals surface area contributed by atoms with Gasteiger partial charge in [-0.2, -0.15) is 0 Å². The zero-order valence-corrected chi connectivity index (χ0v) is 7.16. The third kappa shape index (κ3) is 2.00. The maximum atomic E-state index is 5.71. The van der Waals surface area contributed by atoms with Crippen molar-refractivity contribution in [2.24, 2.45) is 10.7 Å². The van der Waals surface area contributed by atoms with Gasteiger partial charge in [-0.25, -0.2) is 0 Å². The van der Waals surface area contributed by atoms with Gasteiger partial charge in [-0.05, 0) is 25.7 Å². The molecule has 0 atom stereocenters. The zero-order chi connectivity index (χ0) is 8.39. The van der Waals surface area contributed by atoms with Gasteiger partial charge >= 0.3 is 0 Å². The van der Waals surface area contributed by atoms with E-state index in [9.17, 15) is 0 Å². The van der Waals surface area contributed by atoms with Crippen molar-refractivity contribution < 1.29 is 0 Å². The van der Waals surface area contributed by atoms with Crippen LogP contribution in [-0.4, -0.2) is 18.0 Å². The monoisotopic (exact) mass is 165 g/mol. The lowest BCUT2D eigenvalue weighted by atomic mass is 10.2. The quantitative estimate of drug-likeness (QED) is 0.361. The molecule has 2 aliphatic carbocycles. The smallest absolute Gasteiger partial charge is 0.189 e. The van der Waals surface area contributed by atoms with Gasteiger partial charge in [0.1, 0.15) is 0 Å². The van der Waals surface area contributed by atoms with E-state index >= 15 is 0 Å². The Kier molecular flexibility index (Phi) is 2.02. The second-order valence-corrected chi connectivity index (χ2v) is 3.53. The van der Waals surface area contributed by atoms with E-state index in [1.54, 1.807) is 0 Å². The molecule has 0 aromatic rings. The van der Waals surface area contributed by atoms with Crippen LogP contribution in [0.3, 0.4) is 0 Å². The number of hydrogen-bond donors (Lipinski definition) is 2. The number of hydrogen-bond acceptors (Lipinski definition) is 1. The Hall–Kier alpha value is -0.990. The summed E-state index contributed by atoms with van der Waals surface area (Å²) in [6, 6.07) is 1.01. The molecule has 1 fully saturated rings. The van der Waals surface area contributed by atoms with Gasteiger partial charge in [0.05, 0.1) is 6.04 Å². The summed E-state index contributed by atoms with van der Waals surface area (Å²) in [7, 11) is 0. The third-order valence-electron chi connectivity index (χ3n) is 2.23. The lowest BCUT2D eigenvalue weighted by Gasteiger charge is -2.11. The summed E-state index contributed by atoms with van der Waals surface area (Å²) < 4.78 is 0. The van der Waals surface area contributed by atoms with Gasteiger partial charge in [0.25, 0.3) is 0 Å². The molecule has 0 radical (unpaired) electrons. The summed E-state index contributed by atoms with van der Waals surface area (Å²) >= 11 is 0. The zero-order valence-electron chi connectivity index (χ0n) is 7.16. The number of rotatable bonds is 2. The standard InChI is InChI=1S/C9H15N3/c10-9(12-8-5-6-8)11-7-3-1-2-4-7/h1-2,7-8H,3-6H2,(H3,10,11,12). The molecule has 2 aliphatic rings. The summed E-state index contributed by atoms with van der Waals surface area (Å²) in [6.45, 7) is 0. The van der Waals surface area contributed by atoms with Crippen molar-refractivity contribution in [3.05, 3.63) is 12.2 Å². The minimum atomic E-state index is 0.493. The Bertz CT molecular complexity index is 208. The van der Waals surface area contributed by atoms with Crippen molar-refractivity contribution in [2.45, 2.75) is 37.8 Å². The van der Waals surface area contributed by atoms with E-state index in [0.29, 0.717) is 18.0 Å². The van der Waals surface area contributed by atoms with Gasteiger partial charge in [-0.1, -0.05) is 12.2 Å². The predicted octanol–water partition coefficient (Wildman–Crippen LogP) is 0.772. The fraction of sp³-hybridized carbons (Fsp3) is 0.667. The molecule has 0 heterocycles. The van der Waals surface area contributed by atoms with Crippen molar-refractivity contribution in [1.82, 2.24) is 5.32 Å². The van der Waals surface area contributed by atoms with Crippen molar-refractivity contribution in [2.75, 3.05) is 0 Å². The second-order valence-electron chi connectivity index (χ2n) is 3.53. The first kappa shape index (κ1) is 7.65. The molecule has 12 heavy (non-hydrogen) atoms. The van der Waals surface area contributed by atoms with Crippen molar-refractivity contribution in [3.63, 3.8) is 0 Å². The SMILES string of the molecule is NC(=NC1CC1)NC1CC=CC1. The van der Waals surface area contributed by atoms with Crippen LogP contribution in [0.15, 0.2) is 17.1 Å². The molecule has 3 N–H and O–H groups in total. The van der Waals surface area contributed by atoms with Crippen LogP contribution in [0, 0.1) is 0 Å². The van der Waals surface area contributed by atoms with E-state index in [0.717, 1.165) is 12.8 Å². The molecular weight excluding hydrogens is 150 g/mol. The van der Waals surface area contributed by atoms with E-state index in [2.05, 4.69) is 22.5 Å². The normalized spacial score (nSPS) is 24.8. The van der Waals surface area contributed by atoms with Crippen LogP contribution in [0.25, 0.3) is 0 Å². The highest BCUT2D eigenvalue weighted by Crippen LogP contribution is 2.23. The predicted molar refractivity (Wildman–Crippen MR) is 49.9 cm³/mol. The molecule has 3 heteroatoms. The molecule has 0 aliphatic heterocycles. The van der Waals surface area contributed by atoms with Gasteiger partial charge in [-0.15, -0.1) is 0 Å². The number of guanidine groups is 1. The molecule has 0 saturated heterocycles. The second kappa shape index (κ2) is 3.17. The molecule has 0 unspecified atom stereocenters. The van der Waals surface area contributed by atoms with E-state index in [1.807, 2.05) is 0 Å². The van der Waals surface area contributed by atoms with E-state index in [-0.39, 0.29) is 0 Å². The molecule has 0 bridgehead atoms. The summed E-state index contributed by atoms with van der Waals surface area (Å²) in [6.07, 6.45) is 8.96. The number of nitrogens with one attached hydrogen (secondary N) is 1. The van der Waals surface area contributed by atoms with Gasteiger partial charge in [-0.3, -0.25) is 4.99 Å². The Morgan fingerprint density at radius 3 is 2.58 bits per heavy atom. The maximum Gasteiger partial charge on any atom is 0.189 e. The average Bonchev–Trinajstić information content (AvgIpc) is 2.66. The fourth-order valence-corrected chi connectivity index (χ4v) is 1.38. The van der Waals surface area contributed by atoms with Crippen molar-refractivity contribution in [1.29, 1.82) is 0 Å². The van der Waals surface area contributed by atoms with Gasteiger partial charge in [0.15, 0.2) is 5.96 Å². The minimum Gasteiger partial charge on any atom is -0.370 e. The first-order valence-corrected chi connectivity index (χ1v) is 4.59. The van der Waals surface area contributed by atoms with Crippen LogP contribution in [0.1, 0.15) is 25.7 Å². The fourth-order valence-electron chi connectivity index (χ4n) is 1.38. The van der Waals surface area contributed by atoms with E-state index < -0.39 is 0 Å². The summed E-state index contributed by atoms with van der Waals surface area (Å²) in [5, 5.41) is 3.22. The molecular formula is C9H15N3. The topological polar surface area (TPSA) is 50.4 Å². The Morgan fingerprint density at radius 2 is 2.00 bits per heavy atom. The molecule has 1 saturated carbocycles. The average molecular weight is 165 g/mol. The Labute approximate surface area is 72.7 Å². The summed E-state index contributed by atoms with van der Waals surface area (Å²) in [5.74, 6) is 0.631. The molecule has 0 aromatic carbocycles. The largest absolute Gasteiger partial charge is 0.370 e. The van der Waals surface area contributed by atoms with Crippen LogP contribution in [0.4, 0.5) is 0 Å². The van der Waals surface area contributed by atoms with Crippen molar-refractivity contribution >= 4 is 5.96 Å². The molecule has 0 amide bonds. The van der Waals surface area contributed by atoms with Crippen molar-refractivity contribution in [3.8, 4) is 0 Å². The first-order chi connectivity index (χ1) is 5.84. The summed E-state index contributed by atoms with van der Waals surface area (Å²) in [5.41, 5.74) is 5.71. The third-order valence-corrected chi connectivity index (χ3v) is 2.23. The van der Waals surface area contributed by atoms with Gasteiger partial charge in [0.2, 0.25) is 0 Å². The lowest BCUT2D eigenvalue weighted by Crippen LogP contribution is -2.38. The van der Waals surface area contributed by atoms with Crippen LogP contribution in [-0.2, 0) is 0 Å². The van der Waals surface area contributed by atoms with Crippen LogP contribution in [0.2, 0.25) is 0 Å². The highest BCUT2D eigenvalue weighted by atomic mass is 15.1. The first-order valence-electron chi connectivity index (χ1n) is 4.59. The van der Waals surface area contributed by atoms with Crippen LogP contribution < -0.4 is 11.1 Å².